The minimum atomic E-state index is 0.0865. The van der Waals surface area contributed by atoms with Crippen LogP contribution in [0.3, 0.4) is 0 Å². The second-order valence-corrected chi connectivity index (χ2v) is 2.21. The Kier molecular flexibility index (Phi) is 3.14. The van der Waals surface area contributed by atoms with E-state index in [4.69, 9.17) is 4.74 Å². The van der Waals surface area contributed by atoms with Gasteiger partial charge in [-0.25, -0.2) is 0 Å². The van der Waals surface area contributed by atoms with Crippen LogP contribution in [0.15, 0.2) is 24.3 Å². The van der Waals surface area contributed by atoms with E-state index in [9.17, 15) is 9.90 Å². The molecule has 1 aromatic carbocycles. The molecular weight excluding hydrogens is 156 g/mol. The third-order valence-electron chi connectivity index (χ3n) is 1.33. The van der Waals surface area contributed by atoms with E-state index in [0.29, 0.717) is 5.75 Å². The SMILES string of the molecule is O=[C]CCOc1ccccc1O. The van der Waals surface area contributed by atoms with Gasteiger partial charge in [-0.2, -0.15) is 0 Å². The maximum Gasteiger partial charge on any atom is 0.201 e. The van der Waals surface area contributed by atoms with Crippen LogP contribution in [0.25, 0.3) is 0 Å². The Morgan fingerprint density at radius 2 is 2.17 bits per heavy atom. The van der Waals surface area contributed by atoms with Gasteiger partial charge >= 0.3 is 0 Å². The van der Waals surface area contributed by atoms with Crippen LogP contribution in [0.1, 0.15) is 6.42 Å². The summed E-state index contributed by atoms with van der Waals surface area (Å²) in [5.41, 5.74) is 0. The number of aromatic hydroxyl groups is 1. The first-order chi connectivity index (χ1) is 5.84. The zero-order chi connectivity index (χ0) is 8.81. The van der Waals surface area contributed by atoms with Gasteiger partial charge < -0.3 is 9.84 Å². The lowest BCUT2D eigenvalue weighted by atomic mass is 10.3. The number of phenols is 1. The summed E-state index contributed by atoms with van der Waals surface area (Å²) in [6.45, 7) is 0.251. The van der Waals surface area contributed by atoms with Gasteiger partial charge in [-0.1, -0.05) is 12.1 Å². The molecule has 0 fully saturated rings. The van der Waals surface area contributed by atoms with Gasteiger partial charge in [-0.3, -0.25) is 4.79 Å². The predicted molar refractivity (Wildman–Crippen MR) is 43.9 cm³/mol. The third-order valence-corrected chi connectivity index (χ3v) is 1.33. The number of rotatable bonds is 4. The molecule has 0 aliphatic carbocycles. The third kappa shape index (κ3) is 2.27. The number of carbonyl (C=O) groups excluding carboxylic acids is 1. The van der Waals surface area contributed by atoms with Crippen molar-refractivity contribution in [3.05, 3.63) is 24.3 Å². The van der Waals surface area contributed by atoms with Gasteiger partial charge in [0.25, 0.3) is 0 Å². The van der Waals surface area contributed by atoms with Crippen molar-refractivity contribution in [1.82, 2.24) is 0 Å². The Morgan fingerprint density at radius 3 is 2.83 bits per heavy atom. The van der Waals surface area contributed by atoms with Gasteiger partial charge in [0.2, 0.25) is 6.29 Å². The summed E-state index contributed by atoms with van der Waals surface area (Å²) < 4.78 is 5.06. The minimum Gasteiger partial charge on any atom is -0.504 e. The van der Waals surface area contributed by atoms with Crippen molar-refractivity contribution < 1.29 is 14.6 Å². The van der Waals surface area contributed by atoms with Gasteiger partial charge in [0.15, 0.2) is 11.5 Å². The molecule has 1 aromatic rings. The second kappa shape index (κ2) is 4.38. The lowest BCUT2D eigenvalue weighted by Gasteiger charge is -2.04. The fourth-order valence-electron chi connectivity index (χ4n) is 0.782. The molecule has 0 amide bonds. The van der Waals surface area contributed by atoms with E-state index < -0.39 is 0 Å². The maximum atomic E-state index is 9.81. The zero-order valence-corrected chi connectivity index (χ0v) is 6.49. The highest BCUT2D eigenvalue weighted by Crippen LogP contribution is 2.23. The minimum absolute atomic E-state index is 0.0865. The van der Waals surface area contributed by atoms with Crippen molar-refractivity contribution in [2.24, 2.45) is 0 Å². The quantitative estimate of drug-likeness (QED) is 0.683. The smallest absolute Gasteiger partial charge is 0.201 e. The van der Waals surface area contributed by atoms with E-state index in [2.05, 4.69) is 0 Å². The molecule has 0 atom stereocenters. The summed E-state index contributed by atoms with van der Waals surface area (Å²) in [5, 5.41) is 9.19. The Bertz CT molecular complexity index is 258. The molecule has 0 saturated heterocycles. The largest absolute Gasteiger partial charge is 0.504 e. The van der Waals surface area contributed by atoms with Crippen LogP contribution >= 0.6 is 0 Å². The average molecular weight is 165 g/mol. The molecular formula is C9H9O3. The Morgan fingerprint density at radius 1 is 1.42 bits per heavy atom. The van der Waals surface area contributed by atoms with Gasteiger partial charge in [-0.05, 0) is 12.1 Å². The summed E-state index contributed by atoms with van der Waals surface area (Å²) in [6.07, 6.45) is 1.92. The molecule has 0 unspecified atom stereocenters. The molecule has 63 valence electrons. The topological polar surface area (TPSA) is 46.5 Å². The van der Waals surface area contributed by atoms with Gasteiger partial charge in [0, 0.05) is 6.42 Å². The van der Waals surface area contributed by atoms with Crippen molar-refractivity contribution in [1.29, 1.82) is 0 Å². The standard InChI is InChI=1S/C9H9O3/c10-6-3-7-12-9-5-2-1-4-8(9)11/h1-2,4-5,11H,3,7H2. The van der Waals surface area contributed by atoms with Crippen molar-refractivity contribution in [2.75, 3.05) is 6.61 Å². The van der Waals surface area contributed by atoms with E-state index in [0.717, 1.165) is 0 Å². The number of hydrogen-bond donors (Lipinski definition) is 1. The van der Waals surface area contributed by atoms with Crippen molar-refractivity contribution in [3.8, 4) is 11.5 Å². The summed E-state index contributed by atoms with van der Waals surface area (Å²) in [6, 6.07) is 6.62. The molecule has 12 heavy (non-hydrogen) atoms. The monoisotopic (exact) mass is 165 g/mol. The van der Waals surface area contributed by atoms with E-state index in [-0.39, 0.29) is 18.8 Å². The van der Waals surface area contributed by atoms with Crippen LogP contribution in [-0.4, -0.2) is 18.0 Å². The first-order valence-electron chi connectivity index (χ1n) is 3.60. The van der Waals surface area contributed by atoms with Crippen molar-refractivity contribution in [2.45, 2.75) is 6.42 Å². The molecule has 0 aromatic heterocycles. The first kappa shape index (κ1) is 8.59. The number of para-hydroxylation sites is 2. The van der Waals surface area contributed by atoms with Crippen LogP contribution in [0.4, 0.5) is 0 Å². The number of phenolic OH excluding ortho intramolecular Hbond substituents is 1. The zero-order valence-electron chi connectivity index (χ0n) is 6.49. The highest BCUT2D eigenvalue weighted by atomic mass is 16.5. The first-order valence-corrected chi connectivity index (χ1v) is 3.60. The van der Waals surface area contributed by atoms with Crippen LogP contribution in [0.5, 0.6) is 11.5 Å². The molecule has 0 bridgehead atoms. The van der Waals surface area contributed by atoms with Crippen LogP contribution < -0.4 is 4.74 Å². The molecule has 0 aliphatic heterocycles. The molecule has 1 rings (SSSR count). The number of ether oxygens (including phenoxy) is 1. The lowest BCUT2D eigenvalue weighted by Crippen LogP contribution is -1.97. The van der Waals surface area contributed by atoms with Crippen molar-refractivity contribution >= 4 is 6.29 Å². The Balaban J connectivity index is 2.51. The van der Waals surface area contributed by atoms with Gasteiger partial charge in [0.05, 0.1) is 6.61 Å². The molecule has 0 aliphatic rings. The predicted octanol–water partition coefficient (Wildman–Crippen LogP) is 1.27. The van der Waals surface area contributed by atoms with E-state index in [1.165, 1.54) is 6.07 Å². The molecule has 0 heterocycles. The average Bonchev–Trinajstić information content (AvgIpc) is 2.09. The fourth-order valence-corrected chi connectivity index (χ4v) is 0.782. The Hall–Kier alpha value is -1.51. The second-order valence-electron chi connectivity index (χ2n) is 2.21. The maximum absolute atomic E-state index is 9.81. The number of benzene rings is 1. The van der Waals surface area contributed by atoms with E-state index >= 15 is 0 Å². The summed E-state index contributed by atoms with van der Waals surface area (Å²) >= 11 is 0. The summed E-state index contributed by atoms with van der Waals surface area (Å²) in [7, 11) is 0. The highest BCUT2D eigenvalue weighted by Gasteiger charge is 1.98. The van der Waals surface area contributed by atoms with Gasteiger partial charge in [-0.15, -0.1) is 0 Å². The summed E-state index contributed by atoms with van der Waals surface area (Å²) in [4.78, 5) is 9.81. The molecule has 1 radical (unpaired) electrons. The molecule has 0 saturated carbocycles. The van der Waals surface area contributed by atoms with Crippen molar-refractivity contribution in [3.63, 3.8) is 0 Å². The van der Waals surface area contributed by atoms with Crippen LogP contribution in [-0.2, 0) is 4.79 Å². The fraction of sp³-hybridized carbons (Fsp3) is 0.222. The lowest BCUT2D eigenvalue weighted by molar-refractivity contribution is 0.307. The van der Waals surface area contributed by atoms with Crippen LogP contribution in [0, 0.1) is 0 Å². The normalized spacial score (nSPS) is 9.33. The van der Waals surface area contributed by atoms with Gasteiger partial charge in [0.1, 0.15) is 0 Å². The highest BCUT2D eigenvalue weighted by molar-refractivity contribution is 5.50. The summed E-state index contributed by atoms with van der Waals surface area (Å²) in [5.74, 6) is 0.483. The molecule has 0 spiro atoms. The molecule has 1 N–H and O–H groups in total. The van der Waals surface area contributed by atoms with E-state index in [1.54, 1.807) is 24.5 Å². The molecule has 3 heteroatoms. The molecule has 3 nitrogen and oxygen atoms in total. The van der Waals surface area contributed by atoms with Crippen LogP contribution in [0.2, 0.25) is 0 Å². The number of hydrogen-bond acceptors (Lipinski definition) is 3. The van der Waals surface area contributed by atoms with E-state index in [1.807, 2.05) is 0 Å². The Labute approximate surface area is 70.6 Å².